The number of halogens is 1. The molecule has 3 N–H and O–H groups in total. The summed E-state index contributed by atoms with van der Waals surface area (Å²) >= 11 is 1.78. The van der Waals surface area contributed by atoms with Crippen molar-refractivity contribution in [1.82, 2.24) is 4.98 Å². The van der Waals surface area contributed by atoms with Gasteiger partial charge in [0.05, 0.1) is 11.2 Å². The predicted molar refractivity (Wildman–Crippen MR) is 77.6 cm³/mol. The number of hydrogen-bond donors (Lipinski definition) is 2. The van der Waals surface area contributed by atoms with Gasteiger partial charge in [-0.1, -0.05) is 0 Å². The number of hydrogen-bond acceptors (Lipinski definition) is 4. The summed E-state index contributed by atoms with van der Waals surface area (Å²) in [6, 6.07) is 5.00. The van der Waals surface area contributed by atoms with E-state index >= 15 is 0 Å². The molecule has 2 rings (SSSR count). The van der Waals surface area contributed by atoms with Gasteiger partial charge in [0.15, 0.2) is 5.82 Å². The van der Waals surface area contributed by atoms with Crippen molar-refractivity contribution in [3.05, 3.63) is 30.2 Å². The Morgan fingerprint density at radius 1 is 1.50 bits per heavy atom. The number of aromatic nitrogens is 1. The Hall–Kier alpha value is -1.49. The molecule has 18 heavy (non-hydrogen) atoms. The van der Waals surface area contributed by atoms with Crippen molar-refractivity contribution in [3.8, 4) is 0 Å². The first kappa shape index (κ1) is 13.0. The van der Waals surface area contributed by atoms with Gasteiger partial charge in [-0.2, -0.15) is 11.8 Å². The van der Waals surface area contributed by atoms with E-state index in [1.165, 1.54) is 6.07 Å². The maximum Gasteiger partial charge on any atom is 0.150 e. The van der Waals surface area contributed by atoms with E-state index in [-0.39, 0.29) is 5.82 Å². The monoisotopic (exact) mass is 265 g/mol. The topological polar surface area (TPSA) is 50.9 Å². The maximum atomic E-state index is 13.9. The highest BCUT2D eigenvalue weighted by Crippen LogP contribution is 2.29. The van der Waals surface area contributed by atoms with Crippen molar-refractivity contribution in [1.29, 1.82) is 0 Å². The van der Waals surface area contributed by atoms with Crippen LogP contribution in [0.4, 0.5) is 15.8 Å². The predicted octanol–water partition coefficient (Wildman–Crippen LogP) is 3.12. The van der Waals surface area contributed by atoms with E-state index in [2.05, 4.69) is 16.6 Å². The fourth-order valence-corrected chi connectivity index (χ4v) is 2.27. The van der Waals surface area contributed by atoms with Crippen LogP contribution in [0.15, 0.2) is 24.4 Å². The van der Waals surface area contributed by atoms with Crippen LogP contribution in [-0.4, -0.2) is 23.5 Å². The van der Waals surface area contributed by atoms with Crippen LogP contribution in [0, 0.1) is 5.82 Å². The number of nitrogens with one attached hydrogen (secondary N) is 1. The first-order valence-corrected chi connectivity index (χ1v) is 7.19. The van der Waals surface area contributed by atoms with Gasteiger partial charge in [0.25, 0.3) is 0 Å². The minimum atomic E-state index is -0.345. The molecule has 3 nitrogen and oxygen atoms in total. The zero-order chi connectivity index (χ0) is 13.0. The van der Waals surface area contributed by atoms with Gasteiger partial charge < -0.3 is 11.1 Å². The zero-order valence-electron chi connectivity index (χ0n) is 10.2. The highest BCUT2D eigenvalue weighted by molar-refractivity contribution is 7.98. The molecular weight excluding hydrogens is 249 g/mol. The molecule has 0 fully saturated rings. The van der Waals surface area contributed by atoms with Crippen molar-refractivity contribution < 1.29 is 4.39 Å². The molecule has 0 bridgehead atoms. The molecule has 96 valence electrons. The quantitative estimate of drug-likeness (QED) is 0.644. The number of nitrogens with zero attached hydrogens (tertiary/aromatic N) is 1. The number of thioether (sulfide) groups is 1. The Bertz CT molecular complexity index is 545. The lowest BCUT2D eigenvalue weighted by atomic mass is 10.1. The largest absolute Gasteiger partial charge is 0.398 e. The first-order chi connectivity index (χ1) is 8.74. The van der Waals surface area contributed by atoms with Crippen LogP contribution >= 0.6 is 11.8 Å². The van der Waals surface area contributed by atoms with Crippen LogP contribution in [0.1, 0.15) is 6.42 Å². The highest BCUT2D eigenvalue weighted by Gasteiger charge is 2.10. The summed E-state index contributed by atoms with van der Waals surface area (Å²) in [6.45, 7) is 0.730. The van der Waals surface area contributed by atoms with E-state index < -0.39 is 0 Å². The van der Waals surface area contributed by atoms with Crippen molar-refractivity contribution in [2.45, 2.75) is 6.42 Å². The van der Waals surface area contributed by atoms with Gasteiger partial charge in [-0.3, -0.25) is 4.98 Å². The Morgan fingerprint density at radius 2 is 2.33 bits per heavy atom. The third-order valence-electron chi connectivity index (χ3n) is 2.70. The molecule has 0 aliphatic carbocycles. The fourth-order valence-electron chi connectivity index (χ4n) is 1.84. The summed E-state index contributed by atoms with van der Waals surface area (Å²) in [4.78, 5) is 4.21. The van der Waals surface area contributed by atoms with Crippen LogP contribution in [0.5, 0.6) is 0 Å². The SMILES string of the molecule is CSCCCNc1c(F)cc(N)c2cccnc12. The fraction of sp³-hybridized carbons (Fsp3) is 0.308. The molecule has 1 aromatic heterocycles. The summed E-state index contributed by atoms with van der Waals surface area (Å²) in [5.74, 6) is 0.706. The molecule has 0 unspecified atom stereocenters. The molecule has 0 aliphatic heterocycles. The molecule has 0 saturated heterocycles. The van der Waals surface area contributed by atoms with E-state index in [4.69, 9.17) is 5.73 Å². The van der Waals surface area contributed by atoms with Crippen molar-refractivity contribution >= 4 is 34.0 Å². The van der Waals surface area contributed by atoms with Crippen LogP contribution in [-0.2, 0) is 0 Å². The van der Waals surface area contributed by atoms with E-state index in [0.29, 0.717) is 16.9 Å². The van der Waals surface area contributed by atoms with Gasteiger partial charge in [-0.25, -0.2) is 4.39 Å². The molecule has 1 aromatic carbocycles. The number of rotatable bonds is 5. The van der Waals surface area contributed by atoms with Crippen LogP contribution < -0.4 is 11.1 Å². The number of fused-ring (bicyclic) bond motifs is 1. The lowest BCUT2D eigenvalue weighted by Crippen LogP contribution is -2.06. The summed E-state index contributed by atoms with van der Waals surface area (Å²) in [7, 11) is 0. The molecule has 5 heteroatoms. The maximum absolute atomic E-state index is 13.9. The van der Waals surface area contributed by atoms with Gasteiger partial charge >= 0.3 is 0 Å². The second-order valence-electron chi connectivity index (χ2n) is 4.00. The lowest BCUT2D eigenvalue weighted by molar-refractivity contribution is 0.632. The summed E-state index contributed by atoms with van der Waals surface area (Å²) < 4.78 is 13.9. The van der Waals surface area contributed by atoms with E-state index in [0.717, 1.165) is 24.1 Å². The number of anilines is 2. The molecular formula is C13H16FN3S. The van der Waals surface area contributed by atoms with Gasteiger partial charge in [0.2, 0.25) is 0 Å². The molecule has 0 aliphatic rings. The highest BCUT2D eigenvalue weighted by atomic mass is 32.2. The molecule has 0 amide bonds. The van der Waals surface area contributed by atoms with Gasteiger partial charge in [0.1, 0.15) is 0 Å². The Kier molecular flexibility index (Phi) is 4.25. The number of benzene rings is 1. The molecule has 2 aromatic rings. The van der Waals surface area contributed by atoms with E-state index in [9.17, 15) is 4.39 Å². The second kappa shape index (κ2) is 5.91. The van der Waals surface area contributed by atoms with E-state index in [1.54, 1.807) is 24.0 Å². The van der Waals surface area contributed by atoms with Crippen molar-refractivity contribution in [3.63, 3.8) is 0 Å². The summed E-state index contributed by atoms with van der Waals surface area (Å²) in [5.41, 5.74) is 7.25. The molecule has 0 atom stereocenters. The normalized spacial score (nSPS) is 10.8. The number of pyridine rings is 1. The number of nitrogen functional groups attached to an aromatic ring is 1. The Morgan fingerprint density at radius 3 is 3.11 bits per heavy atom. The van der Waals surface area contributed by atoms with Gasteiger partial charge in [0, 0.05) is 23.8 Å². The minimum absolute atomic E-state index is 0.345. The van der Waals surface area contributed by atoms with Crippen LogP contribution in [0.2, 0.25) is 0 Å². The lowest BCUT2D eigenvalue weighted by Gasteiger charge is -2.11. The first-order valence-electron chi connectivity index (χ1n) is 5.79. The Labute approximate surface area is 110 Å². The smallest absolute Gasteiger partial charge is 0.150 e. The van der Waals surface area contributed by atoms with Gasteiger partial charge in [-0.05, 0) is 36.6 Å². The van der Waals surface area contributed by atoms with Crippen LogP contribution in [0.3, 0.4) is 0 Å². The standard InChI is InChI=1S/C13H16FN3S/c1-18-7-3-6-17-13-10(14)8-11(15)9-4-2-5-16-12(9)13/h2,4-5,8,17H,3,6-7,15H2,1H3. The molecule has 0 saturated carbocycles. The number of nitrogens with two attached hydrogens (primary N) is 1. The minimum Gasteiger partial charge on any atom is -0.398 e. The average Bonchev–Trinajstić information content (AvgIpc) is 2.38. The molecule has 0 spiro atoms. The van der Waals surface area contributed by atoms with E-state index in [1.807, 2.05) is 6.07 Å². The van der Waals surface area contributed by atoms with Gasteiger partial charge in [-0.15, -0.1) is 0 Å². The third kappa shape index (κ3) is 2.67. The average molecular weight is 265 g/mol. The Balaban J connectivity index is 2.31. The molecule has 1 heterocycles. The van der Waals surface area contributed by atoms with Crippen molar-refractivity contribution in [2.75, 3.05) is 29.6 Å². The summed E-state index contributed by atoms with van der Waals surface area (Å²) in [5, 5.41) is 3.90. The van der Waals surface area contributed by atoms with Crippen LogP contribution in [0.25, 0.3) is 10.9 Å². The van der Waals surface area contributed by atoms with Crippen molar-refractivity contribution in [2.24, 2.45) is 0 Å². The summed E-state index contributed by atoms with van der Waals surface area (Å²) in [6.07, 6.45) is 4.69. The zero-order valence-corrected chi connectivity index (χ0v) is 11.1. The second-order valence-corrected chi connectivity index (χ2v) is 4.98. The third-order valence-corrected chi connectivity index (χ3v) is 3.40. The molecule has 0 radical (unpaired) electrons.